The number of anilines is 1. The molecule has 10 nitrogen and oxygen atoms in total. The number of benzene rings is 1. The van der Waals surface area contributed by atoms with Gasteiger partial charge in [-0.15, -0.1) is 5.10 Å². The topological polar surface area (TPSA) is 109 Å². The molecule has 1 aromatic carbocycles. The van der Waals surface area contributed by atoms with Crippen LogP contribution in [0.15, 0.2) is 47.7 Å². The standard InChI is InChI=1S/C32H33F2N9OS/c1-21-22-4-2-5-24(14-22)32(33,34)23-6-12-40(13-7-23)16-25-17-41(39-38-25)10-3-11-42-28-26(29(37-19-36-28)43(21)20-45)15-27(30(42)44)31(18-35)8-9-31/h2,4-5,14-15,17,19-21,23H,3,6-13,16H2,1H3/t21-/m1/s1. The van der Waals surface area contributed by atoms with E-state index in [1.165, 1.54) is 17.9 Å². The van der Waals surface area contributed by atoms with Crippen molar-refractivity contribution in [3.63, 3.8) is 0 Å². The molecule has 4 aromatic rings. The van der Waals surface area contributed by atoms with Gasteiger partial charge in [-0.05, 0) is 69.8 Å². The van der Waals surface area contributed by atoms with Crippen LogP contribution in [0.5, 0.6) is 0 Å². The van der Waals surface area contributed by atoms with Crippen molar-refractivity contribution in [2.75, 3.05) is 18.0 Å². The molecule has 1 saturated carbocycles. The molecule has 232 valence electrons. The number of pyridine rings is 1. The predicted octanol–water partition coefficient (Wildman–Crippen LogP) is 4.87. The van der Waals surface area contributed by atoms with E-state index in [2.05, 4.69) is 31.2 Å². The van der Waals surface area contributed by atoms with Crippen molar-refractivity contribution in [3.8, 4) is 6.07 Å². The van der Waals surface area contributed by atoms with Gasteiger partial charge in [-0.2, -0.15) is 5.26 Å². The van der Waals surface area contributed by atoms with E-state index >= 15 is 8.78 Å². The molecule has 0 N–H and O–H groups in total. The fourth-order valence-electron chi connectivity index (χ4n) is 6.81. The summed E-state index contributed by atoms with van der Waals surface area (Å²) in [5.41, 5.74) is 2.62. The van der Waals surface area contributed by atoms with Crippen molar-refractivity contribution in [2.45, 2.75) is 76.0 Å². The summed E-state index contributed by atoms with van der Waals surface area (Å²) in [4.78, 5) is 26.9. The molecule has 8 rings (SSSR count). The molecule has 0 unspecified atom stereocenters. The summed E-state index contributed by atoms with van der Waals surface area (Å²) in [6.07, 6.45) is 5.79. The lowest BCUT2D eigenvalue weighted by molar-refractivity contribution is -0.0861. The quantitative estimate of drug-likeness (QED) is 0.287. The zero-order valence-electron chi connectivity index (χ0n) is 24.9. The molecule has 3 aliphatic heterocycles. The van der Waals surface area contributed by atoms with Crippen molar-refractivity contribution in [3.05, 3.63) is 75.6 Å². The minimum atomic E-state index is -3.01. The molecule has 1 atom stereocenters. The van der Waals surface area contributed by atoms with Crippen LogP contribution in [-0.4, -0.2) is 53.0 Å². The smallest absolute Gasteiger partial charge is 0.276 e. The number of alkyl halides is 2. The van der Waals surface area contributed by atoms with E-state index in [1.807, 2.05) is 19.2 Å². The Labute approximate surface area is 264 Å². The van der Waals surface area contributed by atoms with Crippen LogP contribution in [0, 0.1) is 17.2 Å². The highest BCUT2D eigenvalue weighted by molar-refractivity contribution is 7.79. The molecule has 4 aliphatic rings. The molecular formula is C32H33F2N9OS. The Balaban J connectivity index is 1.37. The average Bonchev–Trinajstić information content (AvgIpc) is 3.73. The van der Waals surface area contributed by atoms with Gasteiger partial charge in [0.05, 0.1) is 34.1 Å². The predicted molar refractivity (Wildman–Crippen MR) is 168 cm³/mol. The maximum Gasteiger partial charge on any atom is 0.276 e. The highest BCUT2D eigenvalue weighted by Crippen LogP contribution is 2.47. The first kappa shape index (κ1) is 29.6. The number of hydrogen-bond acceptors (Lipinski definition) is 8. The number of halogens is 2. The lowest BCUT2D eigenvalue weighted by Crippen LogP contribution is -2.39. The van der Waals surface area contributed by atoms with E-state index < -0.39 is 23.3 Å². The number of piperidine rings is 1. The molecule has 10 bridgehead atoms. The van der Waals surface area contributed by atoms with Gasteiger partial charge in [0, 0.05) is 42.9 Å². The second kappa shape index (κ2) is 11.3. The molecule has 0 spiro atoms. The van der Waals surface area contributed by atoms with Crippen LogP contribution in [0.25, 0.3) is 11.0 Å². The van der Waals surface area contributed by atoms with Gasteiger partial charge in [0.15, 0.2) is 0 Å². The van der Waals surface area contributed by atoms with Gasteiger partial charge in [0.2, 0.25) is 0 Å². The van der Waals surface area contributed by atoms with E-state index in [0.29, 0.717) is 92.8 Å². The molecule has 13 heteroatoms. The molecule has 0 radical (unpaired) electrons. The van der Waals surface area contributed by atoms with E-state index in [0.717, 1.165) is 5.69 Å². The third kappa shape index (κ3) is 5.19. The summed E-state index contributed by atoms with van der Waals surface area (Å²) in [5.74, 6) is -3.33. The Hall–Kier alpha value is -4.15. The van der Waals surface area contributed by atoms with Crippen molar-refractivity contribution >= 4 is 34.6 Å². The van der Waals surface area contributed by atoms with Crippen LogP contribution >= 0.6 is 12.2 Å². The second-order valence-corrected chi connectivity index (χ2v) is 12.7. The summed E-state index contributed by atoms with van der Waals surface area (Å²) < 4.78 is 35.4. The summed E-state index contributed by atoms with van der Waals surface area (Å²) in [5, 5.41) is 19.2. The molecule has 0 amide bonds. The van der Waals surface area contributed by atoms with Crippen LogP contribution in [0.2, 0.25) is 0 Å². The first-order valence-corrected chi connectivity index (χ1v) is 15.8. The molecular weight excluding hydrogens is 596 g/mol. The van der Waals surface area contributed by atoms with E-state index in [4.69, 9.17) is 12.2 Å². The van der Waals surface area contributed by atoms with Crippen molar-refractivity contribution in [2.24, 2.45) is 5.92 Å². The second-order valence-electron chi connectivity index (χ2n) is 12.5. The van der Waals surface area contributed by atoms with Gasteiger partial charge in [-0.25, -0.2) is 18.7 Å². The Morgan fingerprint density at radius 2 is 1.91 bits per heavy atom. The zero-order chi connectivity index (χ0) is 31.3. The Morgan fingerprint density at radius 3 is 2.64 bits per heavy atom. The Kier molecular flexibility index (Phi) is 7.44. The van der Waals surface area contributed by atoms with Crippen LogP contribution < -0.4 is 10.5 Å². The van der Waals surface area contributed by atoms with Gasteiger partial charge in [-0.1, -0.05) is 35.6 Å². The number of thiocarbonyl (C=S) groups is 1. The highest BCUT2D eigenvalue weighted by Gasteiger charge is 2.48. The van der Waals surface area contributed by atoms with E-state index in [-0.39, 0.29) is 11.1 Å². The molecule has 6 heterocycles. The number of fused-ring (bicyclic) bond motifs is 5. The number of aryl methyl sites for hydroxylation is 2. The Bertz CT molecular complexity index is 1870. The van der Waals surface area contributed by atoms with Crippen LogP contribution in [0.1, 0.15) is 67.5 Å². The first-order valence-electron chi connectivity index (χ1n) is 15.4. The monoisotopic (exact) mass is 629 g/mol. The highest BCUT2D eigenvalue weighted by atomic mass is 32.1. The van der Waals surface area contributed by atoms with Crippen LogP contribution in [0.4, 0.5) is 14.6 Å². The van der Waals surface area contributed by atoms with Crippen molar-refractivity contribution < 1.29 is 8.78 Å². The summed E-state index contributed by atoms with van der Waals surface area (Å²) in [6.45, 7) is 4.39. The maximum atomic E-state index is 16.0. The molecule has 1 saturated heterocycles. The molecule has 3 aromatic heterocycles. The third-order valence-electron chi connectivity index (χ3n) is 9.71. The maximum absolute atomic E-state index is 16.0. The minimum Gasteiger partial charge on any atom is -0.315 e. The van der Waals surface area contributed by atoms with Gasteiger partial charge < -0.3 is 4.90 Å². The number of nitrogens with zero attached hydrogens (tertiary/aromatic N) is 9. The largest absolute Gasteiger partial charge is 0.315 e. The SMILES string of the molecule is C[C@@H]1c2cccc(c2)C(F)(F)C2CCN(CC2)Cc2cn(nn2)CCCn2c(=O)c(C3(C#N)CC3)cc3c(ncnc32)N1C=S. The number of hydrogen-bond donors (Lipinski definition) is 0. The fourth-order valence-corrected chi connectivity index (χ4v) is 7.09. The van der Waals surface area contributed by atoms with Crippen molar-refractivity contribution in [1.82, 2.24) is 34.4 Å². The molecule has 45 heavy (non-hydrogen) atoms. The number of rotatable bonds is 2. The van der Waals surface area contributed by atoms with Gasteiger partial charge in [0.25, 0.3) is 11.5 Å². The number of aromatic nitrogens is 6. The van der Waals surface area contributed by atoms with E-state index in [9.17, 15) is 10.1 Å². The summed E-state index contributed by atoms with van der Waals surface area (Å²) in [7, 11) is 0. The van der Waals surface area contributed by atoms with Gasteiger partial charge in [0.1, 0.15) is 17.8 Å². The molecule has 1 aliphatic carbocycles. The van der Waals surface area contributed by atoms with Crippen molar-refractivity contribution in [1.29, 1.82) is 5.26 Å². The summed E-state index contributed by atoms with van der Waals surface area (Å²) >= 11 is 5.49. The molecule has 2 fully saturated rings. The first-order chi connectivity index (χ1) is 21.7. The average molecular weight is 630 g/mol. The van der Waals surface area contributed by atoms with Crippen LogP contribution in [-0.2, 0) is 31.0 Å². The summed E-state index contributed by atoms with van der Waals surface area (Å²) in [6, 6.07) is 10.2. The Morgan fingerprint density at radius 1 is 1.11 bits per heavy atom. The normalized spacial score (nSPS) is 24.1. The minimum absolute atomic E-state index is 0.0168. The fraction of sp³-hybridized carbons (Fsp3) is 0.469. The number of nitriles is 1. The van der Waals surface area contributed by atoms with Gasteiger partial charge >= 0.3 is 0 Å². The lowest BCUT2D eigenvalue weighted by atomic mass is 9.85. The van der Waals surface area contributed by atoms with Crippen LogP contribution in [0.3, 0.4) is 0 Å². The lowest BCUT2D eigenvalue weighted by Gasteiger charge is -2.36. The third-order valence-corrected chi connectivity index (χ3v) is 9.94. The zero-order valence-corrected chi connectivity index (χ0v) is 25.8. The van der Waals surface area contributed by atoms with E-state index in [1.54, 1.807) is 32.3 Å². The van der Waals surface area contributed by atoms with Gasteiger partial charge in [-0.3, -0.25) is 18.9 Å².